The standard InChI is InChI=1S/C27H25N3O/c1-2-20-14-16-23(17-15-20)28-27(31)30-19-22-11-6-7-12-24(22)29-18-8-13-25(29)26(30)21-9-4-3-5-10-21/h3-18,26H,2,19H2,1H3,(H,28,31)/t26-/m0/s1. The first-order chi connectivity index (χ1) is 15.2. The summed E-state index contributed by atoms with van der Waals surface area (Å²) in [6, 6.07) is 30.5. The van der Waals surface area contributed by atoms with Crippen LogP contribution in [0.25, 0.3) is 5.69 Å². The van der Waals surface area contributed by atoms with Gasteiger partial charge in [0.25, 0.3) is 0 Å². The second-order valence-corrected chi connectivity index (χ2v) is 7.85. The van der Waals surface area contributed by atoms with Crippen LogP contribution in [0.15, 0.2) is 97.2 Å². The van der Waals surface area contributed by atoms with Gasteiger partial charge in [0.2, 0.25) is 0 Å². The van der Waals surface area contributed by atoms with Crippen LogP contribution in [0.4, 0.5) is 10.5 Å². The second-order valence-electron chi connectivity index (χ2n) is 7.85. The Kier molecular flexibility index (Phi) is 5.04. The molecule has 1 aromatic heterocycles. The molecule has 4 aromatic rings. The topological polar surface area (TPSA) is 37.3 Å². The number of aryl methyl sites for hydroxylation is 1. The maximum absolute atomic E-state index is 13.6. The van der Waals surface area contributed by atoms with Gasteiger partial charge in [-0.25, -0.2) is 4.79 Å². The Balaban J connectivity index is 1.58. The van der Waals surface area contributed by atoms with Crippen LogP contribution in [0.3, 0.4) is 0 Å². The molecular weight excluding hydrogens is 382 g/mol. The third kappa shape index (κ3) is 3.61. The number of nitrogens with zero attached hydrogens (tertiary/aromatic N) is 2. The van der Waals surface area contributed by atoms with Gasteiger partial charge in [0.15, 0.2) is 0 Å². The smallest absolute Gasteiger partial charge is 0.318 e. The number of rotatable bonds is 3. The van der Waals surface area contributed by atoms with Gasteiger partial charge in [0.05, 0.1) is 18.3 Å². The zero-order valence-corrected chi connectivity index (χ0v) is 17.5. The minimum absolute atomic E-state index is 0.109. The maximum atomic E-state index is 13.6. The van der Waals surface area contributed by atoms with Crippen LogP contribution >= 0.6 is 0 Å². The van der Waals surface area contributed by atoms with Crippen molar-refractivity contribution >= 4 is 11.7 Å². The number of anilines is 1. The highest BCUT2D eigenvalue weighted by Gasteiger charge is 2.32. The summed E-state index contributed by atoms with van der Waals surface area (Å²) in [6.45, 7) is 2.65. The van der Waals surface area contributed by atoms with Gasteiger partial charge in [0.1, 0.15) is 0 Å². The van der Waals surface area contributed by atoms with Gasteiger partial charge >= 0.3 is 6.03 Å². The lowest BCUT2D eigenvalue weighted by atomic mass is 10.0. The molecule has 1 aliphatic rings. The largest absolute Gasteiger partial charge is 0.322 e. The zero-order valence-electron chi connectivity index (χ0n) is 17.5. The lowest BCUT2D eigenvalue weighted by Crippen LogP contribution is -2.37. The summed E-state index contributed by atoms with van der Waals surface area (Å²) in [6.07, 6.45) is 3.05. The van der Waals surface area contributed by atoms with E-state index < -0.39 is 0 Å². The van der Waals surface area contributed by atoms with Crippen molar-refractivity contribution in [2.24, 2.45) is 0 Å². The van der Waals surface area contributed by atoms with Crippen LogP contribution < -0.4 is 5.32 Å². The fraction of sp³-hybridized carbons (Fsp3) is 0.148. The molecule has 4 nitrogen and oxygen atoms in total. The van der Waals surface area contributed by atoms with E-state index in [0.29, 0.717) is 6.54 Å². The highest BCUT2D eigenvalue weighted by molar-refractivity contribution is 5.90. The van der Waals surface area contributed by atoms with Crippen molar-refractivity contribution in [3.05, 3.63) is 120 Å². The number of hydrogen-bond donors (Lipinski definition) is 1. The van der Waals surface area contributed by atoms with Gasteiger partial charge in [-0.3, -0.25) is 0 Å². The summed E-state index contributed by atoms with van der Waals surface area (Å²) >= 11 is 0. The number of amides is 2. The molecule has 0 radical (unpaired) electrons. The van der Waals surface area contributed by atoms with Crippen LogP contribution in [-0.4, -0.2) is 15.5 Å². The molecule has 0 unspecified atom stereocenters. The first-order valence-electron chi connectivity index (χ1n) is 10.7. The Morgan fingerprint density at radius 3 is 2.42 bits per heavy atom. The molecule has 31 heavy (non-hydrogen) atoms. The van der Waals surface area contributed by atoms with Gasteiger partial charge in [-0.2, -0.15) is 0 Å². The average molecular weight is 408 g/mol. The Morgan fingerprint density at radius 1 is 0.903 bits per heavy atom. The lowest BCUT2D eigenvalue weighted by molar-refractivity contribution is 0.194. The van der Waals surface area contributed by atoms with E-state index in [1.807, 2.05) is 53.4 Å². The van der Waals surface area contributed by atoms with E-state index in [0.717, 1.165) is 34.6 Å². The first-order valence-corrected chi connectivity index (χ1v) is 10.7. The molecule has 5 rings (SSSR count). The summed E-state index contributed by atoms with van der Waals surface area (Å²) in [5.74, 6) is 0. The fourth-order valence-corrected chi connectivity index (χ4v) is 4.34. The van der Waals surface area contributed by atoms with Crippen molar-refractivity contribution < 1.29 is 4.79 Å². The van der Waals surface area contributed by atoms with Crippen molar-refractivity contribution in [1.82, 2.24) is 9.47 Å². The molecule has 1 aliphatic heterocycles. The summed E-state index contributed by atoms with van der Waals surface area (Å²) in [5, 5.41) is 3.12. The van der Waals surface area contributed by atoms with Crippen molar-refractivity contribution in [2.45, 2.75) is 25.9 Å². The number of urea groups is 1. The highest BCUT2D eigenvalue weighted by atomic mass is 16.2. The van der Waals surface area contributed by atoms with Crippen LogP contribution in [-0.2, 0) is 13.0 Å². The Labute approximate surface area is 182 Å². The van der Waals surface area contributed by atoms with Crippen LogP contribution in [0, 0.1) is 0 Å². The van der Waals surface area contributed by atoms with Crippen LogP contribution in [0.2, 0.25) is 0 Å². The third-order valence-corrected chi connectivity index (χ3v) is 5.95. The number of benzene rings is 3. The number of aromatic nitrogens is 1. The fourth-order valence-electron chi connectivity index (χ4n) is 4.34. The molecule has 0 saturated carbocycles. The average Bonchev–Trinajstić information content (AvgIpc) is 3.24. The number of nitrogens with one attached hydrogen (secondary N) is 1. The summed E-state index contributed by atoms with van der Waals surface area (Å²) in [7, 11) is 0. The number of carbonyl (C=O) groups is 1. The van der Waals surface area contributed by atoms with Crippen LogP contribution in [0.1, 0.15) is 35.3 Å². The monoisotopic (exact) mass is 407 g/mol. The van der Waals surface area contributed by atoms with Gasteiger partial charge in [-0.1, -0.05) is 67.6 Å². The van der Waals surface area contributed by atoms with E-state index >= 15 is 0 Å². The first kappa shape index (κ1) is 19.2. The molecule has 2 amide bonds. The molecule has 0 aliphatic carbocycles. The Bertz CT molecular complexity index is 1190. The second kappa shape index (κ2) is 8.15. The molecule has 0 bridgehead atoms. The van der Waals surface area contributed by atoms with E-state index in [9.17, 15) is 4.79 Å². The molecule has 1 atom stereocenters. The molecule has 0 saturated heterocycles. The third-order valence-electron chi connectivity index (χ3n) is 5.95. The highest BCUT2D eigenvalue weighted by Crippen LogP contribution is 2.36. The lowest BCUT2D eigenvalue weighted by Gasteiger charge is -2.31. The summed E-state index contributed by atoms with van der Waals surface area (Å²) in [4.78, 5) is 15.5. The van der Waals surface area contributed by atoms with E-state index in [1.54, 1.807) is 0 Å². The SMILES string of the molecule is CCc1ccc(NC(=O)N2Cc3ccccc3-n3cccc3[C@@H]2c2ccccc2)cc1. The Hall–Kier alpha value is -3.79. The number of hydrogen-bond acceptors (Lipinski definition) is 1. The zero-order chi connectivity index (χ0) is 21.2. The number of para-hydroxylation sites is 1. The predicted molar refractivity (Wildman–Crippen MR) is 124 cm³/mol. The molecule has 0 spiro atoms. The molecule has 154 valence electrons. The van der Waals surface area contributed by atoms with Gasteiger partial charge in [-0.15, -0.1) is 0 Å². The molecular formula is C27H25N3O. The molecule has 4 heteroatoms. The minimum atomic E-state index is -0.196. The van der Waals surface area contributed by atoms with Crippen molar-refractivity contribution in [3.63, 3.8) is 0 Å². The van der Waals surface area contributed by atoms with E-state index in [2.05, 4.69) is 65.5 Å². The van der Waals surface area contributed by atoms with Gasteiger partial charge in [-0.05, 0) is 53.4 Å². The molecule has 0 fully saturated rings. The molecule has 3 aromatic carbocycles. The van der Waals surface area contributed by atoms with Crippen LogP contribution in [0.5, 0.6) is 0 Å². The van der Waals surface area contributed by atoms with Gasteiger partial charge < -0.3 is 14.8 Å². The summed E-state index contributed by atoms with van der Waals surface area (Å²) in [5.41, 5.74) is 6.46. The van der Waals surface area contributed by atoms with Crippen molar-refractivity contribution in [1.29, 1.82) is 0 Å². The van der Waals surface area contributed by atoms with Crippen molar-refractivity contribution in [3.8, 4) is 5.69 Å². The molecule has 1 N–H and O–H groups in total. The number of carbonyl (C=O) groups excluding carboxylic acids is 1. The van der Waals surface area contributed by atoms with Crippen molar-refractivity contribution in [2.75, 3.05) is 5.32 Å². The normalized spacial score (nSPS) is 15.0. The Morgan fingerprint density at radius 2 is 1.65 bits per heavy atom. The minimum Gasteiger partial charge on any atom is -0.318 e. The molecule has 2 heterocycles. The number of fused-ring (bicyclic) bond motifs is 3. The van der Waals surface area contributed by atoms with E-state index in [4.69, 9.17) is 0 Å². The summed E-state index contributed by atoms with van der Waals surface area (Å²) < 4.78 is 2.20. The van der Waals surface area contributed by atoms with E-state index in [1.165, 1.54) is 5.56 Å². The van der Waals surface area contributed by atoms with Gasteiger partial charge in [0, 0.05) is 17.6 Å². The maximum Gasteiger partial charge on any atom is 0.322 e. The quantitative estimate of drug-likeness (QED) is 0.433. The predicted octanol–water partition coefficient (Wildman–Crippen LogP) is 6.18. The van der Waals surface area contributed by atoms with E-state index in [-0.39, 0.29) is 12.1 Å².